The molecule has 1 fully saturated rings. The first kappa shape index (κ1) is 19.5. The highest BCUT2D eigenvalue weighted by molar-refractivity contribution is 5.68. The van der Waals surface area contributed by atoms with Crippen LogP contribution in [-0.2, 0) is 11.2 Å². The Bertz CT molecular complexity index is 879. The third-order valence-electron chi connectivity index (χ3n) is 5.64. The van der Waals surface area contributed by atoms with E-state index in [2.05, 4.69) is 41.4 Å². The molecule has 0 radical (unpaired) electrons. The van der Waals surface area contributed by atoms with Crippen molar-refractivity contribution in [2.24, 2.45) is 0 Å². The Kier molecular flexibility index (Phi) is 5.56. The fraction of sp³-hybridized carbons (Fsp3) is 0.500. The van der Waals surface area contributed by atoms with Crippen LogP contribution >= 0.6 is 0 Å². The summed E-state index contributed by atoms with van der Waals surface area (Å²) in [5, 5.41) is 3.56. The number of nitrogens with zero attached hydrogens (tertiary/aromatic N) is 4. The van der Waals surface area contributed by atoms with Gasteiger partial charge in [-0.05, 0) is 51.7 Å². The summed E-state index contributed by atoms with van der Waals surface area (Å²) in [6, 6.07) is 11.1. The van der Waals surface area contributed by atoms with Gasteiger partial charge in [-0.1, -0.05) is 18.2 Å². The number of hydrogen-bond acceptors (Lipinski definition) is 6. The maximum Gasteiger partial charge on any atom is 0.409 e. The van der Waals surface area contributed by atoms with Crippen LogP contribution in [0.25, 0.3) is 0 Å². The zero-order valence-electron chi connectivity index (χ0n) is 17.4. The van der Waals surface area contributed by atoms with Gasteiger partial charge in [0, 0.05) is 42.6 Å². The average molecular weight is 396 g/mol. The highest BCUT2D eigenvalue weighted by atomic mass is 16.6. The minimum Gasteiger partial charge on any atom is -0.450 e. The Balaban J connectivity index is 1.47. The third-order valence-corrected chi connectivity index (χ3v) is 5.64. The van der Waals surface area contributed by atoms with Crippen LogP contribution in [-0.4, -0.2) is 52.7 Å². The van der Waals surface area contributed by atoms with Crippen LogP contribution in [0.2, 0.25) is 0 Å². The summed E-state index contributed by atoms with van der Waals surface area (Å²) in [6.45, 7) is 7.86. The van der Waals surface area contributed by atoms with E-state index in [9.17, 15) is 4.79 Å². The number of piperidine rings is 1. The Morgan fingerprint density at radius 3 is 2.76 bits per heavy atom. The van der Waals surface area contributed by atoms with E-state index in [1.54, 1.807) is 4.90 Å². The number of hydrogen-bond donors (Lipinski definition) is 1. The first-order valence-electron chi connectivity index (χ1n) is 10.5. The number of amides is 1. The lowest BCUT2D eigenvalue weighted by molar-refractivity contribution is 0.0983. The normalized spacial score (nSPS) is 19.2. The number of likely N-dealkylation sites (tertiary alicyclic amines) is 1. The van der Waals surface area contributed by atoms with Gasteiger partial charge in [0.05, 0.1) is 6.61 Å². The predicted octanol–water partition coefficient (Wildman–Crippen LogP) is 3.90. The first-order valence-corrected chi connectivity index (χ1v) is 10.5. The molecular weight excluding hydrogens is 366 g/mol. The number of rotatable bonds is 4. The minimum absolute atomic E-state index is 0.215. The molecule has 3 heterocycles. The standard InChI is InChI=1S/C22H29N5O2/c1-4-29-22(28)26-11-9-18(10-12-26)24-20-13-15(2)23-21(25-20)27-16(3)14-17-7-5-6-8-19(17)27/h5-8,13,16,18H,4,9-12,14H2,1-3H3,(H,23,24,25). The Morgan fingerprint density at radius 2 is 2.00 bits per heavy atom. The lowest BCUT2D eigenvalue weighted by Gasteiger charge is -2.32. The fourth-order valence-electron chi connectivity index (χ4n) is 4.24. The van der Waals surface area contributed by atoms with Gasteiger partial charge in [-0.2, -0.15) is 4.98 Å². The molecule has 29 heavy (non-hydrogen) atoms. The summed E-state index contributed by atoms with van der Waals surface area (Å²) >= 11 is 0. The van der Waals surface area contributed by atoms with Crippen molar-refractivity contribution in [3.05, 3.63) is 41.6 Å². The van der Waals surface area contributed by atoms with E-state index < -0.39 is 0 Å². The van der Waals surface area contributed by atoms with E-state index in [1.807, 2.05) is 19.9 Å². The number of fused-ring (bicyclic) bond motifs is 1. The Hall–Kier alpha value is -2.83. The predicted molar refractivity (Wildman–Crippen MR) is 114 cm³/mol. The van der Waals surface area contributed by atoms with Crippen molar-refractivity contribution in [2.45, 2.75) is 52.1 Å². The summed E-state index contributed by atoms with van der Waals surface area (Å²) in [6.07, 6.45) is 2.54. The molecule has 1 N–H and O–H groups in total. The van der Waals surface area contributed by atoms with Crippen LogP contribution in [0, 0.1) is 6.92 Å². The van der Waals surface area contributed by atoms with Gasteiger partial charge in [0.15, 0.2) is 0 Å². The molecule has 2 aromatic rings. The second kappa shape index (κ2) is 8.27. The number of nitrogens with one attached hydrogen (secondary N) is 1. The van der Waals surface area contributed by atoms with Gasteiger partial charge in [-0.25, -0.2) is 9.78 Å². The van der Waals surface area contributed by atoms with Gasteiger partial charge in [-0.3, -0.25) is 0 Å². The third kappa shape index (κ3) is 4.13. The van der Waals surface area contributed by atoms with E-state index in [0.717, 1.165) is 36.7 Å². The van der Waals surface area contributed by atoms with Crippen LogP contribution < -0.4 is 10.2 Å². The summed E-state index contributed by atoms with van der Waals surface area (Å²) in [5.74, 6) is 1.59. The summed E-state index contributed by atoms with van der Waals surface area (Å²) in [4.78, 5) is 25.5. The highest BCUT2D eigenvalue weighted by Gasteiger charge is 2.29. The van der Waals surface area contributed by atoms with E-state index in [0.29, 0.717) is 25.7 Å². The zero-order chi connectivity index (χ0) is 20.4. The van der Waals surface area contributed by atoms with E-state index >= 15 is 0 Å². The van der Waals surface area contributed by atoms with Crippen LogP contribution in [0.5, 0.6) is 0 Å². The number of aryl methyl sites for hydroxylation is 1. The van der Waals surface area contributed by atoms with Crippen molar-refractivity contribution < 1.29 is 9.53 Å². The molecule has 1 unspecified atom stereocenters. The lowest BCUT2D eigenvalue weighted by atomic mass is 10.1. The lowest BCUT2D eigenvalue weighted by Crippen LogP contribution is -2.42. The quantitative estimate of drug-likeness (QED) is 0.847. The largest absolute Gasteiger partial charge is 0.450 e. The van der Waals surface area contributed by atoms with Crippen LogP contribution in [0.3, 0.4) is 0 Å². The van der Waals surface area contributed by atoms with Crippen molar-refractivity contribution >= 4 is 23.5 Å². The number of ether oxygens (including phenoxy) is 1. The maximum absolute atomic E-state index is 11.9. The van der Waals surface area contributed by atoms with Crippen LogP contribution in [0.15, 0.2) is 30.3 Å². The van der Waals surface area contributed by atoms with Crippen molar-refractivity contribution in [1.29, 1.82) is 0 Å². The SMILES string of the molecule is CCOC(=O)N1CCC(Nc2cc(C)nc(N3c4ccccc4CC3C)n2)CC1. The van der Waals surface area contributed by atoms with Crippen molar-refractivity contribution in [3.8, 4) is 0 Å². The van der Waals surface area contributed by atoms with Crippen LogP contribution in [0.4, 0.5) is 22.2 Å². The molecule has 154 valence electrons. The van der Waals surface area contributed by atoms with E-state index in [1.165, 1.54) is 11.3 Å². The number of aromatic nitrogens is 2. The second-order valence-electron chi connectivity index (χ2n) is 7.85. The summed E-state index contributed by atoms with van der Waals surface area (Å²) in [5.41, 5.74) is 3.48. The Morgan fingerprint density at radius 1 is 1.24 bits per heavy atom. The zero-order valence-corrected chi connectivity index (χ0v) is 17.4. The van der Waals surface area contributed by atoms with Gasteiger partial charge in [-0.15, -0.1) is 0 Å². The van der Waals surface area contributed by atoms with Gasteiger partial charge in [0.2, 0.25) is 5.95 Å². The number of carbonyl (C=O) groups is 1. The molecular formula is C22H29N5O2. The van der Waals surface area contributed by atoms with Gasteiger partial charge in [0.25, 0.3) is 0 Å². The number of benzene rings is 1. The van der Waals surface area contributed by atoms with Gasteiger partial charge in [0.1, 0.15) is 5.82 Å². The first-order chi connectivity index (χ1) is 14.0. The molecule has 1 amide bonds. The number of carbonyl (C=O) groups excluding carboxylic acids is 1. The molecule has 1 aromatic heterocycles. The molecule has 2 aliphatic rings. The van der Waals surface area contributed by atoms with E-state index in [4.69, 9.17) is 14.7 Å². The fourth-order valence-corrected chi connectivity index (χ4v) is 4.24. The van der Waals surface area contributed by atoms with Crippen LogP contribution in [0.1, 0.15) is 37.9 Å². The molecule has 4 rings (SSSR count). The molecule has 0 bridgehead atoms. The smallest absolute Gasteiger partial charge is 0.409 e. The summed E-state index contributed by atoms with van der Waals surface area (Å²) in [7, 11) is 0. The second-order valence-corrected chi connectivity index (χ2v) is 7.85. The number of para-hydroxylation sites is 1. The monoisotopic (exact) mass is 395 g/mol. The minimum atomic E-state index is -0.215. The van der Waals surface area contributed by atoms with Gasteiger partial charge >= 0.3 is 6.09 Å². The van der Waals surface area contributed by atoms with Crippen molar-refractivity contribution in [1.82, 2.24) is 14.9 Å². The molecule has 1 atom stereocenters. The molecule has 0 spiro atoms. The molecule has 0 aliphatic carbocycles. The van der Waals surface area contributed by atoms with Crippen molar-refractivity contribution in [2.75, 3.05) is 29.9 Å². The van der Waals surface area contributed by atoms with Gasteiger partial charge < -0.3 is 19.9 Å². The van der Waals surface area contributed by atoms with E-state index in [-0.39, 0.29) is 12.1 Å². The molecule has 7 heteroatoms. The average Bonchev–Trinajstić information content (AvgIpc) is 3.04. The number of anilines is 3. The molecule has 2 aliphatic heterocycles. The highest BCUT2D eigenvalue weighted by Crippen LogP contribution is 2.36. The molecule has 0 saturated carbocycles. The summed E-state index contributed by atoms with van der Waals surface area (Å²) < 4.78 is 5.10. The molecule has 1 aromatic carbocycles. The van der Waals surface area contributed by atoms with Crippen molar-refractivity contribution in [3.63, 3.8) is 0 Å². The Labute approximate surface area is 172 Å². The molecule has 1 saturated heterocycles. The topological polar surface area (TPSA) is 70.6 Å². The molecule has 7 nitrogen and oxygen atoms in total. The maximum atomic E-state index is 11.9.